The second-order valence-corrected chi connectivity index (χ2v) is 5.76. The standard InChI is InChI=1S/C18H26N2O2/c1-4-17(21)20-16(18(22)19-13-12-14(2)3)11-10-15-8-6-5-7-9-15/h4-9,14,16H,1,10-13H2,2-3H3,(H,19,22)(H,20,21). The van der Waals surface area contributed by atoms with Gasteiger partial charge in [0.1, 0.15) is 6.04 Å². The largest absolute Gasteiger partial charge is 0.354 e. The first-order valence-electron chi connectivity index (χ1n) is 7.77. The number of rotatable bonds is 9. The molecule has 1 aromatic carbocycles. The van der Waals surface area contributed by atoms with E-state index in [1.54, 1.807) is 0 Å². The molecular weight excluding hydrogens is 276 g/mol. The lowest BCUT2D eigenvalue weighted by Gasteiger charge is -2.18. The number of nitrogens with one attached hydrogen (secondary N) is 2. The quantitative estimate of drug-likeness (QED) is 0.688. The molecule has 0 heterocycles. The summed E-state index contributed by atoms with van der Waals surface area (Å²) in [5.74, 6) is 0.0784. The fourth-order valence-electron chi connectivity index (χ4n) is 2.06. The van der Waals surface area contributed by atoms with E-state index in [9.17, 15) is 9.59 Å². The molecule has 1 atom stereocenters. The molecule has 2 amide bonds. The molecule has 0 spiro atoms. The second-order valence-electron chi connectivity index (χ2n) is 5.76. The molecule has 1 aromatic rings. The Labute approximate surface area is 133 Å². The van der Waals surface area contributed by atoms with Gasteiger partial charge in [-0.05, 0) is 36.8 Å². The van der Waals surface area contributed by atoms with E-state index >= 15 is 0 Å². The van der Waals surface area contributed by atoms with Crippen LogP contribution in [0.4, 0.5) is 0 Å². The molecule has 4 heteroatoms. The second kappa shape index (κ2) is 9.77. The van der Waals surface area contributed by atoms with Crippen molar-refractivity contribution in [1.82, 2.24) is 10.6 Å². The molecule has 0 saturated heterocycles. The van der Waals surface area contributed by atoms with E-state index in [0.29, 0.717) is 18.9 Å². The average Bonchev–Trinajstić information content (AvgIpc) is 2.51. The Morgan fingerprint density at radius 2 is 1.86 bits per heavy atom. The maximum absolute atomic E-state index is 12.2. The normalized spacial score (nSPS) is 11.8. The lowest BCUT2D eigenvalue weighted by Crippen LogP contribution is -2.46. The zero-order valence-corrected chi connectivity index (χ0v) is 13.5. The summed E-state index contributed by atoms with van der Waals surface area (Å²) in [5.41, 5.74) is 1.15. The van der Waals surface area contributed by atoms with Crippen LogP contribution >= 0.6 is 0 Å². The third-order valence-corrected chi connectivity index (χ3v) is 3.40. The van der Waals surface area contributed by atoms with E-state index < -0.39 is 6.04 Å². The predicted molar refractivity (Wildman–Crippen MR) is 89.4 cm³/mol. The molecule has 0 radical (unpaired) electrons. The van der Waals surface area contributed by atoms with Crippen molar-refractivity contribution in [3.8, 4) is 0 Å². The summed E-state index contributed by atoms with van der Waals surface area (Å²) in [7, 11) is 0. The molecule has 22 heavy (non-hydrogen) atoms. The highest BCUT2D eigenvalue weighted by Gasteiger charge is 2.19. The van der Waals surface area contributed by atoms with Crippen molar-refractivity contribution >= 4 is 11.8 Å². The van der Waals surface area contributed by atoms with E-state index in [4.69, 9.17) is 0 Å². The molecule has 2 N–H and O–H groups in total. The third kappa shape index (κ3) is 7.07. The molecule has 0 aromatic heterocycles. The number of hydrogen-bond donors (Lipinski definition) is 2. The van der Waals surface area contributed by atoms with Gasteiger partial charge in [-0.3, -0.25) is 9.59 Å². The Morgan fingerprint density at radius 1 is 1.18 bits per heavy atom. The van der Waals surface area contributed by atoms with Crippen LogP contribution in [0.25, 0.3) is 0 Å². The molecule has 0 fully saturated rings. The van der Waals surface area contributed by atoms with Crippen LogP contribution in [-0.4, -0.2) is 24.4 Å². The molecule has 120 valence electrons. The number of carbonyl (C=O) groups is 2. The van der Waals surface area contributed by atoms with Crippen LogP contribution in [0.1, 0.15) is 32.3 Å². The van der Waals surface area contributed by atoms with E-state index in [2.05, 4.69) is 31.1 Å². The van der Waals surface area contributed by atoms with Crippen LogP contribution in [0.15, 0.2) is 43.0 Å². The van der Waals surface area contributed by atoms with Gasteiger partial charge in [0.25, 0.3) is 0 Å². The van der Waals surface area contributed by atoms with Crippen molar-refractivity contribution in [2.45, 2.75) is 39.2 Å². The Kier molecular flexibility index (Phi) is 7.97. The van der Waals surface area contributed by atoms with Gasteiger partial charge in [0, 0.05) is 6.54 Å². The van der Waals surface area contributed by atoms with Gasteiger partial charge in [-0.2, -0.15) is 0 Å². The highest BCUT2D eigenvalue weighted by Crippen LogP contribution is 2.06. The Morgan fingerprint density at radius 3 is 2.45 bits per heavy atom. The zero-order chi connectivity index (χ0) is 16.4. The lowest BCUT2D eigenvalue weighted by atomic mass is 10.0. The number of benzene rings is 1. The van der Waals surface area contributed by atoms with Gasteiger partial charge in [-0.1, -0.05) is 50.8 Å². The van der Waals surface area contributed by atoms with Crippen LogP contribution in [0.2, 0.25) is 0 Å². The Balaban J connectivity index is 2.56. The number of aryl methyl sites for hydroxylation is 1. The lowest BCUT2D eigenvalue weighted by molar-refractivity contribution is -0.127. The number of amides is 2. The Hall–Kier alpha value is -2.10. The topological polar surface area (TPSA) is 58.2 Å². The van der Waals surface area contributed by atoms with Gasteiger partial charge in [-0.15, -0.1) is 0 Å². The number of carbonyl (C=O) groups excluding carboxylic acids is 2. The maximum atomic E-state index is 12.2. The fourth-order valence-corrected chi connectivity index (χ4v) is 2.06. The van der Waals surface area contributed by atoms with Gasteiger partial charge in [0.2, 0.25) is 11.8 Å². The monoisotopic (exact) mass is 302 g/mol. The van der Waals surface area contributed by atoms with Gasteiger partial charge < -0.3 is 10.6 Å². The van der Waals surface area contributed by atoms with Crippen molar-refractivity contribution in [2.24, 2.45) is 5.92 Å². The summed E-state index contributed by atoms with van der Waals surface area (Å²) >= 11 is 0. The van der Waals surface area contributed by atoms with Crippen LogP contribution in [0.3, 0.4) is 0 Å². The van der Waals surface area contributed by atoms with Crippen molar-refractivity contribution in [1.29, 1.82) is 0 Å². The first-order valence-corrected chi connectivity index (χ1v) is 7.77. The summed E-state index contributed by atoms with van der Waals surface area (Å²) in [5, 5.41) is 5.60. The van der Waals surface area contributed by atoms with Gasteiger partial charge in [-0.25, -0.2) is 0 Å². The average molecular weight is 302 g/mol. The predicted octanol–water partition coefficient (Wildman–Crippen LogP) is 2.45. The molecule has 1 unspecified atom stereocenters. The minimum absolute atomic E-state index is 0.133. The van der Waals surface area contributed by atoms with E-state index in [0.717, 1.165) is 18.4 Å². The molecule has 1 rings (SSSR count). The molecule has 0 aliphatic rings. The van der Waals surface area contributed by atoms with Crippen molar-refractivity contribution in [2.75, 3.05) is 6.54 Å². The van der Waals surface area contributed by atoms with Crippen LogP contribution < -0.4 is 10.6 Å². The maximum Gasteiger partial charge on any atom is 0.244 e. The summed E-state index contributed by atoms with van der Waals surface area (Å²) in [6, 6.07) is 9.40. The zero-order valence-electron chi connectivity index (χ0n) is 13.5. The van der Waals surface area contributed by atoms with Crippen molar-refractivity contribution in [3.05, 3.63) is 48.6 Å². The van der Waals surface area contributed by atoms with Crippen LogP contribution in [0, 0.1) is 5.92 Å². The van der Waals surface area contributed by atoms with Crippen molar-refractivity contribution < 1.29 is 9.59 Å². The molecule has 0 aliphatic heterocycles. The smallest absolute Gasteiger partial charge is 0.244 e. The van der Waals surface area contributed by atoms with E-state index in [1.165, 1.54) is 6.08 Å². The van der Waals surface area contributed by atoms with Gasteiger partial charge >= 0.3 is 0 Å². The van der Waals surface area contributed by atoms with E-state index in [-0.39, 0.29) is 11.8 Å². The molecule has 4 nitrogen and oxygen atoms in total. The summed E-state index contributed by atoms with van der Waals surface area (Å²) in [4.78, 5) is 23.7. The fraction of sp³-hybridized carbons (Fsp3) is 0.444. The molecule has 0 aliphatic carbocycles. The molecule has 0 saturated carbocycles. The minimum Gasteiger partial charge on any atom is -0.354 e. The Bertz CT molecular complexity index is 483. The van der Waals surface area contributed by atoms with Gasteiger partial charge in [0.15, 0.2) is 0 Å². The SMILES string of the molecule is C=CC(=O)NC(CCc1ccccc1)C(=O)NCCC(C)C. The highest BCUT2D eigenvalue weighted by molar-refractivity contribution is 5.92. The molecular formula is C18H26N2O2. The molecule has 0 bridgehead atoms. The summed E-state index contributed by atoms with van der Waals surface area (Å²) in [6.07, 6.45) is 3.42. The summed E-state index contributed by atoms with van der Waals surface area (Å²) in [6.45, 7) is 8.28. The number of hydrogen-bond acceptors (Lipinski definition) is 2. The summed E-state index contributed by atoms with van der Waals surface area (Å²) < 4.78 is 0. The van der Waals surface area contributed by atoms with Gasteiger partial charge in [0.05, 0.1) is 0 Å². The third-order valence-electron chi connectivity index (χ3n) is 3.40. The van der Waals surface area contributed by atoms with Crippen molar-refractivity contribution in [3.63, 3.8) is 0 Å². The van der Waals surface area contributed by atoms with Crippen LogP contribution in [-0.2, 0) is 16.0 Å². The first-order chi connectivity index (χ1) is 10.5. The first kappa shape index (κ1) is 18.0. The van der Waals surface area contributed by atoms with Crippen LogP contribution in [0.5, 0.6) is 0 Å². The minimum atomic E-state index is -0.530. The highest BCUT2D eigenvalue weighted by atomic mass is 16.2. The van der Waals surface area contributed by atoms with E-state index in [1.807, 2.05) is 30.3 Å².